The summed E-state index contributed by atoms with van der Waals surface area (Å²) in [5.74, 6) is 0. The van der Waals surface area contributed by atoms with Crippen molar-refractivity contribution in [3.8, 4) is 0 Å². The average Bonchev–Trinajstić information content (AvgIpc) is 2.87. The van der Waals surface area contributed by atoms with Crippen LogP contribution in [-0.4, -0.2) is 41.8 Å². The Kier molecular flexibility index (Phi) is 7.74. The molecule has 0 saturated carbocycles. The van der Waals surface area contributed by atoms with Crippen LogP contribution in [0.4, 0.5) is 13.2 Å². The minimum Gasteiger partial charge on any atom is -0.372 e. The molecule has 1 atom stereocenters. The first-order valence-electron chi connectivity index (χ1n) is 7.33. The van der Waals surface area contributed by atoms with Crippen LogP contribution in [0.25, 0.3) is 0 Å². The number of rotatable bonds is 10. The van der Waals surface area contributed by atoms with Crippen molar-refractivity contribution in [1.29, 1.82) is 0 Å². The number of nitrogens with one attached hydrogen (secondary N) is 1. The number of alkyl halides is 3. The Morgan fingerprint density at radius 1 is 1.38 bits per heavy atom. The summed E-state index contributed by atoms with van der Waals surface area (Å²) in [6.45, 7) is 4.63. The lowest BCUT2D eigenvalue weighted by Gasteiger charge is -2.18. The standard InChI is InChI=1S/C14H24F3N3O/c1-3-6-18-13(5-7-21-11-14(15,16)17)8-12-9-19-20(4-2)10-12/h9-10,13,18H,3-8,11H2,1-2H3. The fraction of sp³-hybridized carbons (Fsp3) is 0.786. The van der Waals surface area contributed by atoms with Crippen LogP contribution in [0.5, 0.6) is 0 Å². The van der Waals surface area contributed by atoms with Gasteiger partial charge in [-0.05, 0) is 38.3 Å². The van der Waals surface area contributed by atoms with Gasteiger partial charge in [-0.1, -0.05) is 6.92 Å². The molecule has 4 nitrogen and oxygen atoms in total. The lowest BCUT2D eigenvalue weighted by molar-refractivity contribution is -0.174. The molecule has 0 aromatic carbocycles. The molecule has 7 heteroatoms. The zero-order chi connectivity index (χ0) is 15.7. The Morgan fingerprint density at radius 3 is 2.71 bits per heavy atom. The highest BCUT2D eigenvalue weighted by Crippen LogP contribution is 2.15. The van der Waals surface area contributed by atoms with Gasteiger partial charge < -0.3 is 10.1 Å². The summed E-state index contributed by atoms with van der Waals surface area (Å²) in [5.41, 5.74) is 1.08. The first kappa shape index (κ1) is 18.0. The van der Waals surface area contributed by atoms with E-state index in [1.807, 2.05) is 17.8 Å². The zero-order valence-corrected chi connectivity index (χ0v) is 12.6. The molecule has 1 aromatic rings. The van der Waals surface area contributed by atoms with Crippen LogP contribution < -0.4 is 5.32 Å². The predicted molar refractivity (Wildman–Crippen MR) is 75.2 cm³/mol. The minimum atomic E-state index is -4.26. The maximum absolute atomic E-state index is 12.0. The van der Waals surface area contributed by atoms with Crippen molar-refractivity contribution in [2.45, 2.75) is 51.9 Å². The smallest absolute Gasteiger partial charge is 0.372 e. The second kappa shape index (κ2) is 9.04. The monoisotopic (exact) mass is 307 g/mol. The fourth-order valence-corrected chi connectivity index (χ4v) is 2.01. The predicted octanol–water partition coefficient (Wildman–Crippen LogP) is 2.78. The van der Waals surface area contributed by atoms with Crippen LogP contribution in [0.3, 0.4) is 0 Å². The lowest BCUT2D eigenvalue weighted by Crippen LogP contribution is -2.33. The number of aryl methyl sites for hydroxylation is 1. The Balaban J connectivity index is 2.39. The molecule has 1 N–H and O–H groups in total. The fourth-order valence-electron chi connectivity index (χ4n) is 2.01. The Hall–Kier alpha value is -1.08. The van der Waals surface area contributed by atoms with Crippen LogP contribution in [0.15, 0.2) is 12.4 Å². The van der Waals surface area contributed by atoms with E-state index in [9.17, 15) is 13.2 Å². The van der Waals surface area contributed by atoms with Gasteiger partial charge in [-0.2, -0.15) is 18.3 Å². The van der Waals surface area contributed by atoms with Gasteiger partial charge in [0, 0.05) is 25.4 Å². The SMILES string of the molecule is CCCNC(CCOCC(F)(F)F)Cc1cnn(CC)c1. The van der Waals surface area contributed by atoms with Gasteiger partial charge in [-0.15, -0.1) is 0 Å². The van der Waals surface area contributed by atoms with Gasteiger partial charge in [0.2, 0.25) is 0 Å². The molecule has 0 radical (unpaired) electrons. The first-order valence-corrected chi connectivity index (χ1v) is 7.33. The van der Waals surface area contributed by atoms with Crippen LogP contribution in [0, 0.1) is 0 Å². The molecule has 0 bridgehead atoms. The number of nitrogens with zero attached hydrogens (tertiary/aromatic N) is 2. The molecule has 0 amide bonds. The quantitative estimate of drug-likeness (QED) is 0.676. The number of aromatic nitrogens is 2. The van der Waals surface area contributed by atoms with E-state index >= 15 is 0 Å². The number of ether oxygens (including phenoxy) is 1. The second-order valence-corrected chi connectivity index (χ2v) is 5.02. The minimum absolute atomic E-state index is 0.100. The van der Waals surface area contributed by atoms with Gasteiger partial charge in [-0.25, -0.2) is 0 Å². The van der Waals surface area contributed by atoms with E-state index in [0.717, 1.165) is 31.5 Å². The summed E-state index contributed by atoms with van der Waals surface area (Å²) in [6, 6.07) is 0.104. The van der Waals surface area contributed by atoms with Gasteiger partial charge in [0.1, 0.15) is 6.61 Å². The summed E-state index contributed by atoms with van der Waals surface area (Å²) in [6.07, 6.45) is 1.80. The maximum Gasteiger partial charge on any atom is 0.411 e. The average molecular weight is 307 g/mol. The van der Waals surface area contributed by atoms with E-state index in [2.05, 4.69) is 22.1 Å². The van der Waals surface area contributed by atoms with Crippen molar-refractivity contribution >= 4 is 0 Å². The topological polar surface area (TPSA) is 39.1 Å². The third kappa shape index (κ3) is 8.06. The summed E-state index contributed by atoms with van der Waals surface area (Å²) < 4.78 is 42.6. The van der Waals surface area contributed by atoms with Crippen molar-refractivity contribution < 1.29 is 17.9 Å². The van der Waals surface area contributed by atoms with Gasteiger partial charge in [0.25, 0.3) is 0 Å². The van der Waals surface area contributed by atoms with E-state index < -0.39 is 12.8 Å². The van der Waals surface area contributed by atoms with E-state index in [1.54, 1.807) is 6.20 Å². The summed E-state index contributed by atoms with van der Waals surface area (Å²) >= 11 is 0. The van der Waals surface area contributed by atoms with Crippen LogP contribution in [0.2, 0.25) is 0 Å². The first-order chi connectivity index (χ1) is 9.94. The molecule has 0 spiro atoms. The normalized spacial score (nSPS) is 13.6. The Morgan fingerprint density at radius 2 is 2.14 bits per heavy atom. The molecule has 1 rings (SSSR count). The van der Waals surface area contributed by atoms with Crippen LogP contribution in [-0.2, 0) is 17.7 Å². The molecule has 0 saturated heterocycles. The highest BCUT2D eigenvalue weighted by atomic mass is 19.4. The van der Waals surface area contributed by atoms with E-state index in [-0.39, 0.29) is 12.6 Å². The molecule has 1 unspecified atom stereocenters. The molecular weight excluding hydrogens is 283 g/mol. The van der Waals surface area contributed by atoms with Crippen molar-refractivity contribution in [3.63, 3.8) is 0 Å². The van der Waals surface area contributed by atoms with Crippen LogP contribution >= 0.6 is 0 Å². The highest BCUT2D eigenvalue weighted by molar-refractivity contribution is 5.06. The van der Waals surface area contributed by atoms with Crippen LogP contribution in [0.1, 0.15) is 32.3 Å². The molecule has 0 aliphatic heterocycles. The molecule has 1 heterocycles. The summed E-state index contributed by atoms with van der Waals surface area (Å²) in [4.78, 5) is 0. The third-order valence-corrected chi connectivity index (χ3v) is 3.05. The van der Waals surface area contributed by atoms with Gasteiger partial charge in [0.05, 0.1) is 6.20 Å². The molecule has 1 aromatic heterocycles. The molecule has 122 valence electrons. The van der Waals surface area contributed by atoms with E-state index in [4.69, 9.17) is 0 Å². The van der Waals surface area contributed by atoms with Crippen molar-refractivity contribution in [2.75, 3.05) is 19.8 Å². The molecule has 0 aliphatic carbocycles. The van der Waals surface area contributed by atoms with Crippen molar-refractivity contribution in [2.24, 2.45) is 0 Å². The zero-order valence-electron chi connectivity index (χ0n) is 12.6. The number of hydrogen-bond donors (Lipinski definition) is 1. The van der Waals surface area contributed by atoms with Crippen molar-refractivity contribution in [3.05, 3.63) is 18.0 Å². The maximum atomic E-state index is 12.0. The van der Waals surface area contributed by atoms with Gasteiger partial charge >= 0.3 is 6.18 Å². The highest BCUT2D eigenvalue weighted by Gasteiger charge is 2.27. The second-order valence-electron chi connectivity index (χ2n) is 5.02. The Labute approximate surface area is 123 Å². The largest absolute Gasteiger partial charge is 0.411 e. The number of hydrogen-bond acceptors (Lipinski definition) is 3. The van der Waals surface area contributed by atoms with E-state index in [0.29, 0.717) is 6.42 Å². The molecule has 0 aliphatic rings. The lowest BCUT2D eigenvalue weighted by atomic mass is 10.1. The van der Waals surface area contributed by atoms with E-state index in [1.165, 1.54) is 0 Å². The Bertz CT molecular complexity index is 393. The third-order valence-electron chi connectivity index (χ3n) is 3.05. The van der Waals surface area contributed by atoms with Gasteiger partial charge in [0.15, 0.2) is 0 Å². The summed E-state index contributed by atoms with van der Waals surface area (Å²) in [7, 11) is 0. The van der Waals surface area contributed by atoms with Crippen molar-refractivity contribution in [1.82, 2.24) is 15.1 Å². The molecule has 0 fully saturated rings. The number of halogens is 3. The summed E-state index contributed by atoms with van der Waals surface area (Å²) in [5, 5.41) is 7.55. The molecule has 21 heavy (non-hydrogen) atoms. The van der Waals surface area contributed by atoms with Gasteiger partial charge in [-0.3, -0.25) is 4.68 Å². The molecular formula is C14H24F3N3O.